The van der Waals surface area contributed by atoms with E-state index in [0.717, 1.165) is 11.1 Å². The molecule has 0 aliphatic carbocycles. The highest BCUT2D eigenvalue weighted by Gasteiger charge is 2.23. The maximum Gasteiger partial charge on any atom is 0.355 e. The highest BCUT2D eigenvalue weighted by molar-refractivity contribution is 5.98. The molecule has 5 heteroatoms. The molecule has 0 unspecified atom stereocenters. The number of carbonyl (C=O) groups is 2. The number of nitrogens with one attached hydrogen (secondary N) is 1. The largest absolute Gasteiger partial charge is 0.461 e. The molecule has 0 spiro atoms. The highest BCUT2D eigenvalue weighted by Crippen LogP contribution is 2.20. The SMILES string of the molecule is CCOC(=O)c1[nH]c(C)c(C(=O)OCc2cccc(C)c2)c1C. The van der Waals surface area contributed by atoms with E-state index in [0.29, 0.717) is 22.5 Å². The quantitative estimate of drug-likeness (QED) is 0.858. The van der Waals surface area contributed by atoms with Crippen LogP contribution in [-0.4, -0.2) is 23.5 Å². The van der Waals surface area contributed by atoms with E-state index < -0.39 is 11.9 Å². The summed E-state index contributed by atoms with van der Waals surface area (Å²) in [5.74, 6) is -0.917. The number of aromatic nitrogens is 1. The summed E-state index contributed by atoms with van der Waals surface area (Å²) in [6, 6.07) is 7.77. The first kappa shape index (κ1) is 16.8. The van der Waals surface area contributed by atoms with Crippen LogP contribution in [0.5, 0.6) is 0 Å². The number of H-pyrrole nitrogens is 1. The van der Waals surface area contributed by atoms with Gasteiger partial charge in [0.25, 0.3) is 0 Å². The molecule has 23 heavy (non-hydrogen) atoms. The molecule has 0 saturated heterocycles. The Labute approximate surface area is 135 Å². The van der Waals surface area contributed by atoms with E-state index in [4.69, 9.17) is 9.47 Å². The Morgan fingerprint density at radius 2 is 1.83 bits per heavy atom. The van der Waals surface area contributed by atoms with Gasteiger partial charge >= 0.3 is 11.9 Å². The molecule has 0 amide bonds. The fourth-order valence-electron chi connectivity index (χ4n) is 2.49. The van der Waals surface area contributed by atoms with Gasteiger partial charge in [-0.15, -0.1) is 0 Å². The lowest BCUT2D eigenvalue weighted by Crippen LogP contribution is -2.09. The van der Waals surface area contributed by atoms with Crippen molar-refractivity contribution in [2.45, 2.75) is 34.3 Å². The predicted molar refractivity (Wildman–Crippen MR) is 86.5 cm³/mol. The second kappa shape index (κ2) is 7.13. The van der Waals surface area contributed by atoms with Gasteiger partial charge in [0, 0.05) is 5.69 Å². The minimum atomic E-state index is -0.467. The van der Waals surface area contributed by atoms with Crippen molar-refractivity contribution in [3.05, 3.63) is 57.9 Å². The number of rotatable bonds is 5. The molecule has 1 aromatic heterocycles. The van der Waals surface area contributed by atoms with Crippen LogP contribution in [-0.2, 0) is 16.1 Å². The Morgan fingerprint density at radius 3 is 2.48 bits per heavy atom. The van der Waals surface area contributed by atoms with Gasteiger partial charge in [-0.25, -0.2) is 9.59 Å². The molecule has 0 bridgehead atoms. The van der Waals surface area contributed by atoms with Crippen molar-refractivity contribution in [1.29, 1.82) is 0 Å². The van der Waals surface area contributed by atoms with Gasteiger partial charge in [0.15, 0.2) is 0 Å². The van der Waals surface area contributed by atoms with E-state index in [-0.39, 0.29) is 13.2 Å². The fraction of sp³-hybridized carbons (Fsp3) is 0.333. The van der Waals surface area contributed by atoms with Crippen LogP contribution in [0.4, 0.5) is 0 Å². The molecule has 5 nitrogen and oxygen atoms in total. The molecular weight excluding hydrogens is 294 g/mol. The number of hydrogen-bond acceptors (Lipinski definition) is 4. The molecular formula is C18H21NO4. The van der Waals surface area contributed by atoms with Gasteiger partial charge in [-0.3, -0.25) is 0 Å². The second-order valence-electron chi connectivity index (χ2n) is 5.41. The van der Waals surface area contributed by atoms with Crippen molar-refractivity contribution in [2.75, 3.05) is 6.61 Å². The van der Waals surface area contributed by atoms with Crippen molar-refractivity contribution >= 4 is 11.9 Å². The number of aromatic amines is 1. The monoisotopic (exact) mass is 315 g/mol. The molecule has 1 aromatic carbocycles. The van der Waals surface area contributed by atoms with Gasteiger partial charge in [-0.2, -0.15) is 0 Å². The zero-order valence-electron chi connectivity index (χ0n) is 13.9. The summed E-state index contributed by atoms with van der Waals surface area (Å²) >= 11 is 0. The average Bonchev–Trinajstić information content (AvgIpc) is 2.80. The van der Waals surface area contributed by atoms with E-state index in [1.807, 2.05) is 31.2 Å². The third-order valence-electron chi connectivity index (χ3n) is 3.57. The lowest BCUT2D eigenvalue weighted by Gasteiger charge is -2.06. The Morgan fingerprint density at radius 1 is 1.09 bits per heavy atom. The second-order valence-corrected chi connectivity index (χ2v) is 5.41. The molecule has 0 aliphatic heterocycles. The first-order valence-electron chi connectivity index (χ1n) is 7.53. The summed E-state index contributed by atoms with van der Waals surface area (Å²) < 4.78 is 10.3. The number of ether oxygens (including phenoxy) is 2. The fourth-order valence-corrected chi connectivity index (χ4v) is 2.49. The van der Waals surface area contributed by atoms with Crippen LogP contribution in [0.15, 0.2) is 24.3 Å². The maximum absolute atomic E-state index is 12.3. The molecule has 2 rings (SSSR count). The summed E-state index contributed by atoms with van der Waals surface area (Å²) in [7, 11) is 0. The summed E-state index contributed by atoms with van der Waals surface area (Å²) in [5.41, 5.74) is 3.87. The molecule has 0 saturated carbocycles. The van der Waals surface area contributed by atoms with Crippen LogP contribution < -0.4 is 0 Å². The molecule has 2 aromatic rings. The minimum absolute atomic E-state index is 0.194. The Hall–Kier alpha value is -2.56. The van der Waals surface area contributed by atoms with E-state index in [1.54, 1.807) is 20.8 Å². The van der Waals surface area contributed by atoms with Gasteiger partial charge in [0.2, 0.25) is 0 Å². The van der Waals surface area contributed by atoms with Crippen molar-refractivity contribution < 1.29 is 19.1 Å². The normalized spacial score (nSPS) is 10.4. The Kier molecular flexibility index (Phi) is 5.21. The lowest BCUT2D eigenvalue weighted by molar-refractivity contribution is 0.0471. The van der Waals surface area contributed by atoms with Gasteiger partial charge in [-0.05, 0) is 38.8 Å². The lowest BCUT2D eigenvalue weighted by atomic mass is 10.1. The average molecular weight is 315 g/mol. The maximum atomic E-state index is 12.3. The van der Waals surface area contributed by atoms with Crippen LogP contribution in [0, 0.1) is 20.8 Å². The summed E-state index contributed by atoms with van der Waals surface area (Å²) in [5, 5.41) is 0. The number of carbonyl (C=O) groups excluding carboxylic acids is 2. The number of hydrogen-bond donors (Lipinski definition) is 1. The molecule has 0 aliphatic rings. The van der Waals surface area contributed by atoms with Gasteiger partial charge < -0.3 is 14.5 Å². The van der Waals surface area contributed by atoms with Crippen molar-refractivity contribution in [3.8, 4) is 0 Å². The van der Waals surface area contributed by atoms with Crippen LogP contribution in [0.3, 0.4) is 0 Å². The molecule has 1 heterocycles. The third kappa shape index (κ3) is 3.80. The summed E-state index contributed by atoms with van der Waals surface area (Å²) in [4.78, 5) is 27.1. The van der Waals surface area contributed by atoms with Crippen LogP contribution in [0.2, 0.25) is 0 Å². The van der Waals surface area contributed by atoms with Gasteiger partial charge in [-0.1, -0.05) is 29.8 Å². The number of esters is 2. The van der Waals surface area contributed by atoms with E-state index >= 15 is 0 Å². The zero-order chi connectivity index (χ0) is 17.0. The first-order chi connectivity index (χ1) is 10.9. The van der Waals surface area contributed by atoms with Crippen LogP contribution in [0.25, 0.3) is 0 Å². The van der Waals surface area contributed by atoms with Gasteiger partial charge in [0.1, 0.15) is 12.3 Å². The molecule has 122 valence electrons. The smallest absolute Gasteiger partial charge is 0.355 e. The summed E-state index contributed by atoms with van der Waals surface area (Å²) in [6.07, 6.45) is 0. The predicted octanol–water partition coefficient (Wildman–Crippen LogP) is 3.47. The highest BCUT2D eigenvalue weighted by atomic mass is 16.5. The van der Waals surface area contributed by atoms with E-state index in [9.17, 15) is 9.59 Å². The zero-order valence-corrected chi connectivity index (χ0v) is 13.9. The van der Waals surface area contributed by atoms with Crippen LogP contribution >= 0.6 is 0 Å². The molecule has 0 fully saturated rings. The number of aryl methyl sites for hydroxylation is 2. The third-order valence-corrected chi connectivity index (χ3v) is 3.57. The van der Waals surface area contributed by atoms with E-state index in [2.05, 4.69) is 4.98 Å². The minimum Gasteiger partial charge on any atom is -0.461 e. The molecule has 0 atom stereocenters. The summed E-state index contributed by atoms with van der Waals surface area (Å²) in [6.45, 7) is 7.64. The Bertz CT molecular complexity index is 731. The standard InChI is InChI=1S/C18H21NO4/c1-5-22-18(21)16-12(3)15(13(4)19-16)17(20)23-10-14-8-6-7-11(2)9-14/h6-9,19H,5,10H2,1-4H3. The van der Waals surface area contributed by atoms with E-state index in [1.165, 1.54) is 0 Å². The van der Waals surface area contributed by atoms with Crippen LogP contribution in [0.1, 0.15) is 50.2 Å². The van der Waals surface area contributed by atoms with Crippen molar-refractivity contribution in [3.63, 3.8) is 0 Å². The number of benzene rings is 1. The molecule has 1 N–H and O–H groups in total. The Balaban J connectivity index is 2.15. The van der Waals surface area contributed by atoms with Gasteiger partial charge in [0.05, 0.1) is 12.2 Å². The van der Waals surface area contributed by atoms with Crippen molar-refractivity contribution in [1.82, 2.24) is 4.98 Å². The van der Waals surface area contributed by atoms with Crippen molar-refractivity contribution in [2.24, 2.45) is 0 Å². The topological polar surface area (TPSA) is 68.4 Å². The molecule has 0 radical (unpaired) electrons. The first-order valence-corrected chi connectivity index (χ1v) is 7.53.